The normalized spacial score (nSPS) is 23.0. The van der Waals surface area contributed by atoms with Gasteiger partial charge >= 0.3 is 5.97 Å². The maximum atomic E-state index is 13.2. The maximum absolute atomic E-state index is 13.2. The first-order valence-electron chi connectivity index (χ1n) is 9.15. The summed E-state index contributed by atoms with van der Waals surface area (Å²) in [6.07, 6.45) is 5.08. The number of carbonyl (C=O) groups is 2. The molecular weight excluding hydrogens is 330 g/mol. The van der Waals surface area contributed by atoms with Crippen molar-refractivity contribution in [2.24, 2.45) is 5.41 Å². The predicted molar refractivity (Wildman–Crippen MR) is 96.4 cm³/mol. The molecule has 2 aromatic rings. The lowest BCUT2D eigenvalue weighted by Crippen LogP contribution is -2.48. The molecule has 1 aliphatic heterocycles. The predicted octanol–water partition coefficient (Wildman–Crippen LogP) is 3.08. The van der Waals surface area contributed by atoms with Gasteiger partial charge in [0.2, 0.25) is 0 Å². The molecule has 1 saturated carbocycles. The first kappa shape index (κ1) is 16.8. The van der Waals surface area contributed by atoms with Gasteiger partial charge in [-0.25, -0.2) is 4.68 Å². The number of nitrogens with zero attached hydrogens (tertiary/aromatic N) is 3. The SMILES string of the molecule is CC1(C(=O)O)CCCN(C(=O)c2cnn(-c3ccccc3)c2C2CC2)C1. The van der Waals surface area contributed by atoms with Gasteiger partial charge in [0.25, 0.3) is 5.91 Å². The van der Waals surface area contributed by atoms with Gasteiger partial charge in [-0.15, -0.1) is 0 Å². The Morgan fingerprint density at radius 3 is 2.62 bits per heavy atom. The zero-order chi connectivity index (χ0) is 18.3. The van der Waals surface area contributed by atoms with Gasteiger partial charge in [-0.1, -0.05) is 18.2 Å². The second-order valence-electron chi connectivity index (χ2n) is 7.66. The van der Waals surface area contributed by atoms with Crippen LogP contribution in [-0.4, -0.2) is 44.8 Å². The summed E-state index contributed by atoms with van der Waals surface area (Å²) < 4.78 is 1.87. The number of benzene rings is 1. The van der Waals surface area contributed by atoms with Gasteiger partial charge in [0, 0.05) is 19.0 Å². The van der Waals surface area contributed by atoms with Crippen LogP contribution in [0.2, 0.25) is 0 Å². The largest absolute Gasteiger partial charge is 0.481 e. The number of carboxylic acid groups (broad SMARTS) is 1. The van der Waals surface area contributed by atoms with E-state index in [2.05, 4.69) is 5.10 Å². The number of carbonyl (C=O) groups excluding carboxylic acids is 1. The summed E-state index contributed by atoms with van der Waals surface area (Å²) in [6, 6.07) is 9.83. The lowest BCUT2D eigenvalue weighted by molar-refractivity contribution is -0.150. The van der Waals surface area contributed by atoms with Crippen molar-refractivity contribution in [2.45, 2.75) is 38.5 Å². The molecule has 1 aliphatic carbocycles. The summed E-state index contributed by atoms with van der Waals surface area (Å²) in [5, 5.41) is 14.0. The highest BCUT2D eigenvalue weighted by molar-refractivity contribution is 5.96. The van der Waals surface area contributed by atoms with Gasteiger partial charge in [-0.2, -0.15) is 5.10 Å². The summed E-state index contributed by atoms with van der Waals surface area (Å²) in [4.78, 5) is 26.5. The van der Waals surface area contributed by atoms with E-state index in [4.69, 9.17) is 0 Å². The molecule has 0 radical (unpaired) electrons. The molecule has 1 saturated heterocycles. The Morgan fingerprint density at radius 1 is 1.23 bits per heavy atom. The summed E-state index contributed by atoms with van der Waals surface area (Å²) in [6.45, 7) is 2.58. The second kappa shape index (κ2) is 6.27. The molecule has 2 fully saturated rings. The quantitative estimate of drug-likeness (QED) is 0.916. The zero-order valence-corrected chi connectivity index (χ0v) is 14.9. The van der Waals surface area contributed by atoms with Crippen LogP contribution in [-0.2, 0) is 4.79 Å². The fourth-order valence-corrected chi connectivity index (χ4v) is 3.80. The number of rotatable bonds is 4. The third kappa shape index (κ3) is 2.89. The molecule has 136 valence electrons. The third-order valence-electron chi connectivity index (χ3n) is 5.50. The maximum Gasteiger partial charge on any atom is 0.311 e. The molecule has 1 unspecified atom stereocenters. The van der Waals surface area contributed by atoms with E-state index >= 15 is 0 Å². The monoisotopic (exact) mass is 353 g/mol. The van der Waals surface area contributed by atoms with Crippen LogP contribution in [0.3, 0.4) is 0 Å². The van der Waals surface area contributed by atoms with E-state index in [1.807, 2.05) is 35.0 Å². The molecule has 26 heavy (non-hydrogen) atoms. The van der Waals surface area contributed by atoms with Crippen LogP contribution in [0, 0.1) is 5.41 Å². The summed E-state index contributed by atoms with van der Waals surface area (Å²) in [5.41, 5.74) is 1.65. The Kier molecular flexibility index (Phi) is 4.05. The van der Waals surface area contributed by atoms with Crippen molar-refractivity contribution in [2.75, 3.05) is 13.1 Å². The fraction of sp³-hybridized carbons (Fsp3) is 0.450. The van der Waals surface area contributed by atoms with E-state index in [0.717, 1.165) is 24.2 Å². The van der Waals surface area contributed by atoms with Crippen molar-refractivity contribution in [3.8, 4) is 5.69 Å². The molecule has 1 amide bonds. The molecule has 0 bridgehead atoms. The molecule has 2 aliphatic rings. The van der Waals surface area contributed by atoms with Crippen LogP contribution in [0.5, 0.6) is 0 Å². The molecule has 1 N–H and O–H groups in total. The van der Waals surface area contributed by atoms with Crippen molar-refractivity contribution >= 4 is 11.9 Å². The van der Waals surface area contributed by atoms with Crippen molar-refractivity contribution in [3.63, 3.8) is 0 Å². The Labute approximate surface area is 152 Å². The molecule has 0 spiro atoms. The van der Waals surface area contributed by atoms with Crippen LogP contribution in [0.25, 0.3) is 5.69 Å². The molecule has 6 heteroatoms. The highest BCUT2D eigenvalue weighted by Gasteiger charge is 2.41. The van der Waals surface area contributed by atoms with Gasteiger partial charge in [0.15, 0.2) is 0 Å². The van der Waals surface area contributed by atoms with Crippen molar-refractivity contribution < 1.29 is 14.7 Å². The average Bonchev–Trinajstić information content (AvgIpc) is 3.40. The lowest BCUT2D eigenvalue weighted by atomic mass is 9.82. The molecule has 1 aromatic carbocycles. The minimum atomic E-state index is -0.872. The van der Waals surface area contributed by atoms with E-state index in [-0.39, 0.29) is 12.5 Å². The Hall–Kier alpha value is -2.63. The van der Waals surface area contributed by atoms with E-state index in [1.54, 1.807) is 18.0 Å². The van der Waals surface area contributed by atoms with Crippen molar-refractivity contribution in [1.29, 1.82) is 0 Å². The highest BCUT2D eigenvalue weighted by atomic mass is 16.4. The summed E-state index contributed by atoms with van der Waals surface area (Å²) in [7, 11) is 0. The van der Waals surface area contributed by atoms with Crippen LogP contribution < -0.4 is 0 Å². The minimum Gasteiger partial charge on any atom is -0.481 e. The van der Waals surface area contributed by atoms with Gasteiger partial charge in [0.1, 0.15) is 0 Å². The van der Waals surface area contributed by atoms with E-state index in [0.29, 0.717) is 30.9 Å². The number of hydrogen-bond acceptors (Lipinski definition) is 3. The van der Waals surface area contributed by atoms with Gasteiger partial charge in [0.05, 0.1) is 28.6 Å². The molecule has 6 nitrogen and oxygen atoms in total. The summed E-state index contributed by atoms with van der Waals surface area (Å²) in [5.74, 6) is -0.578. The standard InChI is InChI=1S/C20H23N3O3/c1-20(19(25)26)10-5-11-22(13-20)18(24)16-12-21-23(17(16)14-8-9-14)15-6-3-2-4-7-15/h2-4,6-7,12,14H,5,8-11,13H2,1H3,(H,25,26). The third-order valence-corrected chi connectivity index (χ3v) is 5.50. The van der Waals surface area contributed by atoms with Gasteiger partial charge in [-0.3, -0.25) is 9.59 Å². The topological polar surface area (TPSA) is 75.4 Å². The van der Waals surface area contributed by atoms with Gasteiger partial charge < -0.3 is 10.0 Å². The summed E-state index contributed by atoms with van der Waals surface area (Å²) >= 11 is 0. The Bertz CT molecular complexity index is 841. The molecular formula is C20H23N3O3. The Balaban J connectivity index is 1.67. The number of piperidine rings is 1. The Morgan fingerprint density at radius 2 is 1.96 bits per heavy atom. The van der Waals surface area contributed by atoms with Crippen LogP contribution in [0.1, 0.15) is 54.6 Å². The number of aromatic nitrogens is 2. The number of amides is 1. The fourth-order valence-electron chi connectivity index (χ4n) is 3.80. The highest BCUT2D eigenvalue weighted by Crippen LogP contribution is 2.43. The van der Waals surface area contributed by atoms with E-state index < -0.39 is 11.4 Å². The smallest absolute Gasteiger partial charge is 0.311 e. The second-order valence-corrected chi connectivity index (χ2v) is 7.66. The van der Waals surface area contributed by atoms with E-state index in [9.17, 15) is 14.7 Å². The first-order chi connectivity index (χ1) is 12.5. The number of carboxylic acids is 1. The van der Waals surface area contributed by atoms with E-state index in [1.165, 1.54) is 0 Å². The van der Waals surface area contributed by atoms with Crippen LogP contribution in [0.4, 0.5) is 0 Å². The van der Waals surface area contributed by atoms with Crippen LogP contribution >= 0.6 is 0 Å². The van der Waals surface area contributed by atoms with Crippen molar-refractivity contribution in [3.05, 3.63) is 47.8 Å². The first-order valence-corrected chi connectivity index (χ1v) is 9.15. The number of para-hydroxylation sites is 1. The molecule has 1 atom stereocenters. The number of likely N-dealkylation sites (tertiary alicyclic amines) is 1. The number of hydrogen-bond donors (Lipinski definition) is 1. The average molecular weight is 353 g/mol. The lowest BCUT2D eigenvalue weighted by Gasteiger charge is -2.37. The van der Waals surface area contributed by atoms with Crippen LogP contribution in [0.15, 0.2) is 36.5 Å². The molecule has 4 rings (SSSR count). The van der Waals surface area contributed by atoms with Crippen molar-refractivity contribution in [1.82, 2.24) is 14.7 Å². The molecule has 2 heterocycles. The zero-order valence-electron chi connectivity index (χ0n) is 14.9. The minimum absolute atomic E-state index is 0.0961. The number of aliphatic carboxylic acids is 1. The van der Waals surface area contributed by atoms with Gasteiger partial charge in [-0.05, 0) is 44.7 Å². The molecule has 1 aromatic heterocycles.